The van der Waals surface area contributed by atoms with Gasteiger partial charge in [-0.2, -0.15) is 0 Å². The molecule has 0 radical (unpaired) electrons. The number of hydrogen-bond acceptors (Lipinski definition) is 1. The van der Waals surface area contributed by atoms with E-state index in [0.29, 0.717) is 6.04 Å². The van der Waals surface area contributed by atoms with Crippen LogP contribution >= 0.6 is 27.5 Å². The van der Waals surface area contributed by atoms with Gasteiger partial charge in [0.15, 0.2) is 0 Å². The Labute approximate surface area is 134 Å². The molecule has 0 aliphatic rings. The van der Waals surface area contributed by atoms with E-state index in [1.165, 1.54) is 11.1 Å². The largest absolute Gasteiger partial charge is 0.310 e. The molecule has 1 atom stereocenters. The fraction of sp³-hybridized carbons (Fsp3) is 0.294. The fourth-order valence-electron chi connectivity index (χ4n) is 2.08. The zero-order valence-corrected chi connectivity index (χ0v) is 13.9. The van der Waals surface area contributed by atoms with E-state index in [1.807, 2.05) is 12.1 Å². The number of aryl methyl sites for hydroxylation is 1. The Balaban J connectivity index is 1.79. The molecule has 3 heteroatoms. The Morgan fingerprint density at radius 3 is 2.60 bits per heavy atom. The Morgan fingerprint density at radius 1 is 1.15 bits per heavy atom. The highest BCUT2D eigenvalue weighted by Crippen LogP contribution is 2.21. The lowest BCUT2D eigenvalue weighted by molar-refractivity contribution is 0.513. The molecule has 20 heavy (non-hydrogen) atoms. The molecule has 0 heterocycles. The molecule has 2 aromatic carbocycles. The molecule has 0 spiro atoms. The first-order chi connectivity index (χ1) is 9.65. The van der Waals surface area contributed by atoms with E-state index in [2.05, 4.69) is 64.6 Å². The second kappa shape index (κ2) is 7.82. The van der Waals surface area contributed by atoms with Crippen molar-refractivity contribution in [3.8, 4) is 0 Å². The SMILES string of the molecule is CC(CCc1ccccc1)NCc1ccc(Cl)cc1Br. The average molecular weight is 353 g/mol. The maximum Gasteiger partial charge on any atom is 0.0417 e. The van der Waals surface area contributed by atoms with Crippen molar-refractivity contribution in [1.82, 2.24) is 5.32 Å². The molecule has 0 aliphatic heterocycles. The first-order valence-corrected chi connectivity index (χ1v) is 8.03. The Hall–Kier alpha value is -0.830. The molecule has 0 fully saturated rings. The van der Waals surface area contributed by atoms with Crippen LogP contribution in [0.3, 0.4) is 0 Å². The fourth-order valence-corrected chi connectivity index (χ4v) is 2.90. The van der Waals surface area contributed by atoms with Gasteiger partial charge < -0.3 is 5.32 Å². The van der Waals surface area contributed by atoms with E-state index in [1.54, 1.807) is 0 Å². The highest BCUT2D eigenvalue weighted by atomic mass is 79.9. The van der Waals surface area contributed by atoms with Crippen LogP contribution in [0.5, 0.6) is 0 Å². The molecular weight excluding hydrogens is 334 g/mol. The first-order valence-electron chi connectivity index (χ1n) is 6.86. The first kappa shape index (κ1) is 15.6. The summed E-state index contributed by atoms with van der Waals surface area (Å²) in [5, 5.41) is 4.32. The van der Waals surface area contributed by atoms with E-state index in [4.69, 9.17) is 11.6 Å². The summed E-state index contributed by atoms with van der Waals surface area (Å²) in [6, 6.07) is 17.0. The summed E-state index contributed by atoms with van der Waals surface area (Å²) < 4.78 is 1.06. The van der Waals surface area contributed by atoms with Gasteiger partial charge in [0, 0.05) is 22.1 Å². The molecule has 0 aliphatic carbocycles. The lowest BCUT2D eigenvalue weighted by Gasteiger charge is -2.14. The van der Waals surface area contributed by atoms with Crippen molar-refractivity contribution < 1.29 is 0 Å². The lowest BCUT2D eigenvalue weighted by Crippen LogP contribution is -2.26. The van der Waals surface area contributed by atoms with Gasteiger partial charge in [0.25, 0.3) is 0 Å². The molecule has 0 saturated carbocycles. The topological polar surface area (TPSA) is 12.0 Å². The maximum atomic E-state index is 5.95. The van der Waals surface area contributed by atoms with Crippen molar-refractivity contribution in [2.24, 2.45) is 0 Å². The second-order valence-electron chi connectivity index (χ2n) is 5.04. The maximum absolute atomic E-state index is 5.95. The van der Waals surface area contributed by atoms with Crippen LogP contribution in [0.15, 0.2) is 53.0 Å². The third kappa shape index (κ3) is 4.93. The zero-order valence-electron chi connectivity index (χ0n) is 11.6. The van der Waals surface area contributed by atoms with Crippen LogP contribution in [0.25, 0.3) is 0 Å². The van der Waals surface area contributed by atoms with Crippen molar-refractivity contribution in [3.05, 3.63) is 69.2 Å². The Morgan fingerprint density at radius 2 is 1.90 bits per heavy atom. The standard InChI is InChI=1S/C17H19BrClN/c1-13(7-8-14-5-3-2-4-6-14)20-12-15-9-10-16(19)11-17(15)18/h2-6,9-11,13,20H,7-8,12H2,1H3. The van der Waals surface area contributed by atoms with Gasteiger partial charge in [-0.1, -0.05) is 63.9 Å². The lowest BCUT2D eigenvalue weighted by atomic mass is 10.1. The van der Waals surface area contributed by atoms with Crippen molar-refractivity contribution in [3.63, 3.8) is 0 Å². The van der Waals surface area contributed by atoms with Gasteiger partial charge in [-0.15, -0.1) is 0 Å². The minimum absolute atomic E-state index is 0.484. The highest BCUT2D eigenvalue weighted by Gasteiger charge is 2.05. The minimum atomic E-state index is 0.484. The summed E-state index contributed by atoms with van der Waals surface area (Å²) in [7, 11) is 0. The zero-order chi connectivity index (χ0) is 14.4. The highest BCUT2D eigenvalue weighted by molar-refractivity contribution is 9.10. The van der Waals surface area contributed by atoms with E-state index in [0.717, 1.165) is 28.9 Å². The molecule has 1 N–H and O–H groups in total. The van der Waals surface area contributed by atoms with Gasteiger partial charge in [-0.25, -0.2) is 0 Å². The quantitative estimate of drug-likeness (QED) is 0.752. The number of nitrogens with one attached hydrogen (secondary N) is 1. The predicted molar refractivity (Wildman–Crippen MR) is 90.2 cm³/mol. The van der Waals surface area contributed by atoms with Gasteiger partial charge in [-0.05, 0) is 43.0 Å². The smallest absolute Gasteiger partial charge is 0.0417 e. The summed E-state index contributed by atoms with van der Waals surface area (Å²) >= 11 is 9.50. The predicted octanol–water partition coefficient (Wildman–Crippen LogP) is 5.21. The van der Waals surface area contributed by atoms with E-state index in [9.17, 15) is 0 Å². The molecule has 2 rings (SSSR count). The molecule has 0 bridgehead atoms. The number of hydrogen-bond donors (Lipinski definition) is 1. The van der Waals surface area contributed by atoms with Crippen LogP contribution in [-0.4, -0.2) is 6.04 Å². The molecular formula is C17H19BrClN. The van der Waals surface area contributed by atoms with E-state index >= 15 is 0 Å². The monoisotopic (exact) mass is 351 g/mol. The number of halogens is 2. The third-order valence-electron chi connectivity index (χ3n) is 3.36. The van der Waals surface area contributed by atoms with E-state index in [-0.39, 0.29) is 0 Å². The number of rotatable bonds is 6. The van der Waals surface area contributed by atoms with Crippen molar-refractivity contribution in [2.75, 3.05) is 0 Å². The van der Waals surface area contributed by atoms with Gasteiger partial charge in [0.1, 0.15) is 0 Å². The summed E-state index contributed by atoms with van der Waals surface area (Å²) in [6.45, 7) is 3.08. The molecule has 1 unspecified atom stereocenters. The van der Waals surface area contributed by atoms with Gasteiger partial charge in [-0.3, -0.25) is 0 Å². The minimum Gasteiger partial charge on any atom is -0.310 e. The summed E-state index contributed by atoms with van der Waals surface area (Å²) in [5.74, 6) is 0. The summed E-state index contributed by atoms with van der Waals surface area (Å²) in [6.07, 6.45) is 2.24. The van der Waals surface area contributed by atoms with Gasteiger partial charge in [0.05, 0.1) is 0 Å². The molecule has 2 aromatic rings. The van der Waals surface area contributed by atoms with Crippen LogP contribution in [0.1, 0.15) is 24.5 Å². The second-order valence-corrected chi connectivity index (χ2v) is 6.33. The molecule has 106 valence electrons. The molecule has 0 aromatic heterocycles. The van der Waals surface area contributed by atoms with Crippen molar-refractivity contribution in [1.29, 1.82) is 0 Å². The van der Waals surface area contributed by atoms with E-state index < -0.39 is 0 Å². The van der Waals surface area contributed by atoms with Crippen molar-refractivity contribution >= 4 is 27.5 Å². The van der Waals surface area contributed by atoms with Crippen LogP contribution in [0.2, 0.25) is 5.02 Å². The summed E-state index contributed by atoms with van der Waals surface area (Å²) in [5.41, 5.74) is 2.63. The summed E-state index contributed by atoms with van der Waals surface area (Å²) in [4.78, 5) is 0. The van der Waals surface area contributed by atoms with Crippen LogP contribution in [0.4, 0.5) is 0 Å². The number of benzene rings is 2. The Bertz CT molecular complexity index is 542. The third-order valence-corrected chi connectivity index (χ3v) is 4.34. The van der Waals surface area contributed by atoms with Gasteiger partial charge >= 0.3 is 0 Å². The van der Waals surface area contributed by atoms with Crippen LogP contribution < -0.4 is 5.32 Å². The molecule has 0 saturated heterocycles. The molecule has 1 nitrogen and oxygen atoms in total. The van der Waals surface area contributed by atoms with Crippen molar-refractivity contribution in [2.45, 2.75) is 32.4 Å². The normalized spacial score (nSPS) is 12.3. The van der Waals surface area contributed by atoms with Crippen LogP contribution in [0, 0.1) is 0 Å². The van der Waals surface area contributed by atoms with Gasteiger partial charge in [0.2, 0.25) is 0 Å². The average Bonchev–Trinajstić information content (AvgIpc) is 2.45. The van der Waals surface area contributed by atoms with Crippen LogP contribution in [-0.2, 0) is 13.0 Å². The molecule has 0 amide bonds. The Kier molecular flexibility index (Phi) is 6.08.